The lowest BCUT2D eigenvalue weighted by Crippen LogP contribution is -2.37. The molecule has 0 saturated heterocycles. The average molecular weight is 221 g/mol. The van der Waals surface area contributed by atoms with Gasteiger partial charge >= 0.3 is 0 Å². The van der Waals surface area contributed by atoms with Crippen LogP contribution < -0.4 is 0 Å². The molecule has 1 saturated carbocycles. The molecule has 5 radical (unpaired) electrons. The zero-order chi connectivity index (χ0) is 11.6. The average Bonchev–Trinajstić information content (AvgIpc) is 2.48. The van der Waals surface area contributed by atoms with Crippen LogP contribution >= 0.6 is 0 Å². The van der Waals surface area contributed by atoms with Gasteiger partial charge in [0.25, 0.3) is 0 Å². The highest BCUT2D eigenvalue weighted by atomic mass is 28.3. The summed E-state index contributed by atoms with van der Waals surface area (Å²) in [6.45, 7) is 12.7. The first-order valence-corrected chi connectivity index (χ1v) is 8.91. The van der Waals surface area contributed by atoms with Crippen LogP contribution in [-0.2, 0) is 0 Å². The molecule has 1 aliphatic rings. The Morgan fingerprint density at radius 3 is 2.47 bits per heavy atom. The van der Waals surface area contributed by atoms with Gasteiger partial charge in [-0.1, -0.05) is 25.2 Å². The fraction of sp³-hybridized carbons (Fsp3) is 0.462. The molecule has 1 unspecified atom stereocenters. The van der Waals surface area contributed by atoms with Gasteiger partial charge in [-0.15, -0.1) is 6.58 Å². The van der Waals surface area contributed by atoms with Gasteiger partial charge in [-0.3, -0.25) is 0 Å². The zero-order valence-electron chi connectivity index (χ0n) is 10.2. The van der Waals surface area contributed by atoms with E-state index in [-0.39, 0.29) is 6.10 Å². The van der Waals surface area contributed by atoms with Crippen molar-refractivity contribution in [3.63, 3.8) is 0 Å². The number of rotatable bonds is 4. The normalized spacial score (nSPS) is 21.9. The van der Waals surface area contributed by atoms with Crippen molar-refractivity contribution in [2.24, 2.45) is 0 Å². The smallest absolute Gasteiger partial charge is 0.0645 e. The van der Waals surface area contributed by atoms with Crippen molar-refractivity contribution < 1.29 is 5.11 Å². The van der Waals surface area contributed by atoms with Crippen LogP contribution in [0.25, 0.3) is 0 Å². The summed E-state index contributed by atoms with van der Waals surface area (Å²) in [4.78, 5) is 0. The van der Waals surface area contributed by atoms with Gasteiger partial charge in [-0.2, -0.15) is 0 Å². The van der Waals surface area contributed by atoms with E-state index in [0.29, 0.717) is 6.42 Å². The zero-order valence-corrected chi connectivity index (χ0v) is 11.2. The summed E-state index contributed by atoms with van der Waals surface area (Å²) in [6, 6.07) is 0. The first-order chi connectivity index (χ1) is 6.82. The first kappa shape index (κ1) is 13.0. The SMILES string of the molecule is C=C(C)CC(O)[C]1[CH][CH][CH][C]1[Si](C)(C)C. The van der Waals surface area contributed by atoms with Crippen LogP contribution in [0.4, 0.5) is 0 Å². The van der Waals surface area contributed by atoms with Gasteiger partial charge in [-0.05, 0) is 38.1 Å². The van der Waals surface area contributed by atoms with E-state index in [1.807, 2.05) is 19.8 Å². The number of aliphatic hydroxyl groups excluding tert-OH is 1. The molecule has 0 aromatic heterocycles. The van der Waals surface area contributed by atoms with E-state index in [2.05, 4.69) is 32.6 Å². The van der Waals surface area contributed by atoms with Crippen LogP contribution in [0.15, 0.2) is 12.2 Å². The first-order valence-electron chi connectivity index (χ1n) is 5.41. The topological polar surface area (TPSA) is 20.2 Å². The molecule has 0 spiro atoms. The van der Waals surface area contributed by atoms with E-state index in [9.17, 15) is 5.11 Å². The maximum atomic E-state index is 10.1. The molecule has 1 fully saturated rings. The molecular weight excluding hydrogens is 200 g/mol. The molecule has 1 rings (SSSR count). The van der Waals surface area contributed by atoms with Gasteiger partial charge in [0.1, 0.15) is 0 Å². The molecule has 83 valence electrons. The lowest BCUT2D eigenvalue weighted by Gasteiger charge is -2.32. The van der Waals surface area contributed by atoms with Crippen molar-refractivity contribution in [2.75, 3.05) is 0 Å². The van der Waals surface area contributed by atoms with Crippen LogP contribution in [-0.4, -0.2) is 19.3 Å². The van der Waals surface area contributed by atoms with Crippen LogP contribution in [0.3, 0.4) is 0 Å². The van der Waals surface area contributed by atoms with E-state index < -0.39 is 8.07 Å². The van der Waals surface area contributed by atoms with Gasteiger partial charge in [0.15, 0.2) is 0 Å². The summed E-state index contributed by atoms with van der Waals surface area (Å²) in [6.07, 6.45) is 6.54. The molecule has 0 aromatic carbocycles. The van der Waals surface area contributed by atoms with Gasteiger partial charge in [0.05, 0.1) is 14.2 Å². The molecule has 1 nitrogen and oxygen atoms in total. The minimum atomic E-state index is -1.33. The van der Waals surface area contributed by atoms with Gasteiger partial charge in [0, 0.05) is 5.92 Å². The summed E-state index contributed by atoms with van der Waals surface area (Å²) in [5.74, 6) is 1.11. The van der Waals surface area contributed by atoms with E-state index in [1.165, 1.54) is 5.54 Å². The Morgan fingerprint density at radius 1 is 1.40 bits per heavy atom. The second kappa shape index (κ2) is 4.83. The van der Waals surface area contributed by atoms with Gasteiger partial charge in [0.2, 0.25) is 0 Å². The van der Waals surface area contributed by atoms with E-state index in [4.69, 9.17) is 0 Å². The highest BCUT2D eigenvalue weighted by Crippen LogP contribution is 2.42. The Hall–Kier alpha value is -0.0831. The van der Waals surface area contributed by atoms with Crippen LogP contribution in [0, 0.1) is 30.7 Å². The van der Waals surface area contributed by atoms with E-state index in [1.54, 1.807) is 0 Å². The maximum Gasteiger partial charge on any atom is 0.0645 e. The molecule has 0 bridgehead atoms. The molecular formula is C13H21OSi. The third-order valence-corrected chi connectivity index (χ3v) is 4.63. The Morgan fingerprint density at radius 2 is 2.00 bits per heavy atom. The highest BCUT2D eigenvalue weighted by molar-refractivity contribution is 6.82. The second-order valence-electron chi connectivity index (χ2n) is 5.32. The monoisotopic (exact) mass is 221 g/mol. The minimum Gasteiger partial charge on any atom is -0.392 e. The van der Waals surface area contributed by atoms with Gasteiger partial charge < -0.3 is 5.11 Å². The molecule has 15 heavy (non-hydrogen) atoms. The Bertz CT molecular complexity index is 229. The molecule has 2 heteroatoms. The van der Waals surface area contributed by atoms with Gasteiger partial charge in [-0.25, -0.2) is 0 Å². The number of hydrogen-bond donors (Lipinski definition) is 1. The van der Waals surface area contributed by atoms with Crippen LogP contribution in [0.1, 0.15) is 13.3 Å². The largest absolute Gasteiger partial charge is 0.392 e. The Kier molecular flexibility index (Phi) is 4.18. The molecule has 0 amide bonds. The molecule has 1 N–H and O–H groups in total. The quantitative estimate of drug-likeness (QED) is 0.571. The van der Waals surface area contributed by atoms with E-state index in [0.717, 1.165) is 11.5 Å². The standard InChI is InChI=1S/C13H21OSi/c1-10(2)9-12(14)11-7-6-8-13(11)15(3,4)5/h6-8,12,14H,1,9H2,2-5H3. The van der Waals surface area contributed by atoms with E-state index >= 15 is 0 Å². The summed E-state index contributed by atoms with van der Waals surface area (Å²) in [7, 11) is -1.33. The van der Waals surface area contributed by atoms with Crippen LogP contribution in [0.2, 0.25) is 19.6 Å². The minimum absolute atomic E-state index is 0.376. The highest BCUT2D eigenvalue weighted by Gasteiger charge is 2.41. The van der Waals surface area contributed by atoms with Crippen molar-refractivity contribution in [1.82, 2.24) is 0 Å². The van der Waals surface area contributed by atoms with Crippen molar-refractivity contribution in [3.8, 4) is 0 Å². The second-order valence-corrected chi connectivity index (χ2v) is 10.4. The van der Waals surface area contributed by atoms with Crippen molar-refractivity contribution in [2.45, 2.75) is 39.1 Å². The van der Waals surface area contributed by atoms with Crippen molar-refractivity contribution in [3.05, 3.63) is 42.9 Å². The van der Waals surface area contributed by atoms with Crippen molar-refractivity contribution in [1.29, 1.82) is 0 Å². The third kappa shape index (κ3) is 3.46. The fourth-order valence-electron chi connectivity index (χ4n) is 1.85. The van der Waals surface area contributed by atoms with Crippen molar-refractivity contribution >= 4 is 8.07 Å². The molecule has 1 atom stereocenters. The molecule has 1 aliphatic carbocycles. The van der Waals surface area contributed by atoms with Crippen LogP contribution in [0.5, 0.6) is 0 Å². The maximum absolute atomic E-state index is 10.1. The predicted octanol–water partition coefficient (Wildman–Crippen LogP) is 2.97. The predicted molar refractivity (Wildman–Crippen MR) is 68.2 cm³/mol. The third-order valence-electron chi connectivity index (χ3n) is 2.56. The molecule has 0 aromatic rings. The summed E-state index contributed by atoms with van der Waals surface area (Å²) >= 11 is 0. The lowest BCUT2D eigenvalue weighted by atomic mass is 9.95. The summed E-state index contributed by atoms with van der Waals surface area (Å²) < 4.78 is 0. The fourth-order valence-corrected chi connectivity index (χ4v) is 3.56. The Balaban J connectivity index is 2.64. The number of aliphatic hydroxyl groups is 1. The summed E-state index contributed by atoms with van der Waals surface area (Å²) in [5, 5.41) is 10.1. The number of hydrogen-bond acceptors (Lipinski definition) is 1. The molecule has 0 aliphatic heterocycles. The Labute approximate surface area is 95.6 Å². The molecule has 0 heterocycles. The lowest BCUT2D eigenvalue weighted by molar-refractivity contribution is 0.195. The summed E-state index contributed by atoms with van der Waals surface area (Å²) in [5.41, 5.74) is 2.40.